The van der Waals surface area contributed by atoms with Crippen LogP contribution in [-0.4, -0.2) is 53.5 Å². The van der Waals surface area contributed by atoms with Crippen LogP contribution in [0.2, 0.25) is 0 Å². The summed E-state index contributed by atoms with van der Waals surface area (Å²) in [6.07, 6.45) is 2.12. The number of carbonyl (C=O) groups excluding carboxylic acids is 2. The number of phenols is 1. The topological polar surface area (TPSA) is 106 Å². The number of alkyl carbamates (subject to hydrolysis) is 1. The fraction of sp³-hybridized carbons (Fsp3) is 0.562. The molecule has 1 saturated heterocycles. The number of phenolic OH excluding ortho intramolecular Hbond substituents is 1. The summed E-state index contributed by atoms with van der Waals surface area (Å²) in [5, 5.41) is 15.7. The Morgan fingerprint density at radius 2 is 1.66 bits per heavy atom. The molecule has 3 saturated carbocycles. The van der Waals surface area contributed by atoms with Crippen molar-refractivity contribution in [2.24, 2.45) is 17.3 Å². The summed E-state index contributed by atoms with van der Waals surface area (Å²) in [4.78, 5) is 26.7. The molecule has 0 radical (unpaired) electrons. The summed E-state index contributed by atoms with van der Waals surface area (Å²) in [5.41, 5.74) is 0.903. The van der Waals surface area contributed by atoms with E-state index >= 15 is 0 Å². The van der Waals surface area contributed by atoms with E-state index < -0.39 is 36.4 Å². The number of rotatable bonds is 8. The lowest BCUT2D eigenvalue weighted by atomic mass is 9.43. The van der Waals surface area contributed by atoms with E-state index in [0.717, 1.165) is 24.0 Å². The third kappa shape index (κ3) is 6.26. The van der Waals surface area contributed by atoms with Crippen LogP contribution in [0.1, 0.15) is 65.5 Å². The zero-order valence-corrected chi connectivity index (χ0v) is 25.0. The highest BCUT2D eigenvalue weighted by Crippen LogP contribution is 2.65. The molecular weight excluding hydrogens is 519 g/mol. The van der Waals surface area contributed by atoms with Crippen molar-refractivity contribution in [2.75, 3.05) is 0 Å². The summed E-state index contributed by atoms with van der Waals surface area (Å²) in [5.74, 6) is 0.303. The predicted molar refractivity (Wildman–Crippen MR) is 157 cm³/mol. The van der Waals surface area contributed by atoms with Gasteiger partial charge in [0.2, 0.25) is 5.91 Å². The van der Waals surface area contributed by atoms with Gasteiger partial charge in [-0.05, 0) is 87.5 Å². The standard InChI is InChI=1S/C32H43BN2O6/c1-30(2,3)39-29(38)34-24(16-21-12-14-23(36)15-13-21)28(37)35-27(17-20-10-8-7-9-11-20)33-40-26-19-22-18-25(31(22,4)5)32(26,6)41-33/h7-15,22,24-27,36H,16-19H2,1-6H3,(H,34,38)(H,35,37)/t22-,24-,25-,26?,27-,32-/m0/s1. The maximum atomic E-state index is 13.9. The fourth-order valence-electron chi connectivity index (χ4n) is 6.96. The second-order valence-electron chi connectivity index (χ2n) is 13.7. The Morgan fingerprint density at radius 1 is 1.00 bits per heavy atom. The summed E-state index contributed by atoms with van der Waals surface area (Å²) in [7, 11) is -0.625. The number of hydrogen-bond donors (Lipinski definition) is 3. The van der Waals surface area contributed by atoms with E-state index in [1.54, 1.807) is 45.0 Å². The summed E-state index contributed by atoms with van der Waals surface area (Å²) in [6.45, 7) is 12.1. The highest BCUT2D eigenvalue weighted by atomic mass is 16.7. The average molecular weight is 563 g/mol. The molecule has 6 rings (SSSR count). The van der Waals surface area contributed by atoms with Crippen LogP contribution in [0, 0.1) is 17.3 Å². The molecule has 1 unspecified atom stereocenters. The molecule has 3 N–H and O–H groups in total. The molecule has 6 atom stereocenters. The van der Waals surface area contributed by atoms with Gasteiger partial charge in [0.1, 0.15) is 17.4 Å². The number of benzene rings is 2. The molecular formula is C32H43BN2O6. The number of hydrogen-bond acceptors (Lipinski definition) is 6. The molecule has 2 aromatic carbocycles. The molecule has 9 heteroatoms. The van der Waals surface area contributed by atoms with Gasteiger partial charge in [-0.1, -0.05) is 56.3 Å². The van der Waals surface area contributed by atoms with Crippen molar-refractivity contribution in [3.63, 3.8) is 0 Å². The summed E-state index contributed by atoms with van der Waals surface area (Å²) in [6, 6.07) is 15.6. The number of amides is 2. The van der Waals surface area contributed by atoms with Crippen LogP contribution in [0.3, 0.4) is 0 Å². The van der Waals surface area contributed by atoms with Gasteiger partial charge in [-0.2, -0.15) is 0 Å². The van der Waals surface area contributed by atoms with E-state index in [4.69, 9.17) is 14.0 Å². The molecule has 3 aliphatic carbocycles. The van der Waals surface area contributed by atoms with Crippen LogP contribution in [-0.2, 0) is 31.7 Å². The van der Waals surface area contributed by atoms with E-state index in [-0.39, 0.29) is 29.6 Å². The Balaban J connectivity index is 1.37. The van der Waals surface area contributed by atoms with E-state index in [9.17, 15) is 14.7 Å². The first-order valence-electron chi connectivity index (χ1n) is 14.7. The van der Waals surface area contributed by atoms with Gasteiger partial charge >= 0.3 is 13.2 Å². The zero-order chi connectivity index (χ0) is 29.6. The van der Waals surface area contributed by atoms with Crippen LogP contribution < -0.4 is 10.6 Å². The summed E-state index contributed by atoms with van der Waals surface area (Å²) < 4.78 is 18.8. The maximum absolute atomic E-state index is 13.9. The third-order valence-electron chi connectivity index (χ3n) is 9.31. The maximum Gasteiger partial charge on any atom is 0.482 e. The van der Waals surface area contributed by atoms with Gasteiger partial charge in [-0.3, -0.25) is 4.79 Å². The van der Waals surface area contributed by atoms with Gasteiger partial charge in [-0.15, -0.1) is 0 Å². The van der Waals surface area contributed by atoms with Crippen molar-refractivity contribution in [3.8, 4) is 5.75 Å². The lowest BCUT2D eigenvalue weighted by Gasteiger charge is -2.64. The molecule has 0 aromatic heterocycles. The average Bonchev–Trinajstić information content (AvgIpc) is 3.26. The van der Waals surface area contributed by atoms with Crippen molar-refractivity contribution in [1.82, 2.24) is 10.6 Å². The minimum absolute atomic E-state index is 0.0212. The lowest BCUT2D eigenvalue weighted by molar-refractivity contribution is -0.199. The van der Waals surface area contributed by atoms with Gasteiger partial charge < -0.3 is 29.8 Å². The quantitative estimate of drug-likeness (QED) is 0.399. The molecule has 2 amide bonds. The molecule has 8 nitrogen and oxygen atoms in total. The summed E-state index contributed by atoms with van der Waals surface area (Å²) >= 11 is 0. The first-order chi connectivity index (χ1) is 19.2. The SMILES string of the molecule is CC(C)(C)OC(=O)N[C@@H](Cc1ccc(O)cc1)C(=O)N[C@@H](Cc1ccccc1)B1OC2C[C@@H]3C[C@@H](C3(C)C)[C@]2(C)O1. The highest BCUT2D eigenvalue weighted by Gasteiger charge is 2.68. The van der Waals surface area contributed by atoms with Crippen LogP contribution in [0.5, 0.6) is 5.75 Å². The van der Waals surface area contributed by atoms with Crippen molar-refractivity contribution in [3.05, 3.63) is 65.7 Å². The molecule has 41 heavy (non-hydrogen) atoms. The molecule has 1 aliphatic heterocycles. The van der Waals surface area contributed by atoms with E-state index in [2.05, 4.69) is 31.4 Å². The van der Waals surface area contributed by atoms with Crippen molar-refractivity contribution >= 4 is 19.1 Å². The first-order valence-corrected chi connectivity index (χ1v) is 14.7. The fourth-order valence-corrected chi connectivity index (χ4v) is 6.96. The lowest BCUT2D eigenvalue weighted by Crippen LogP contribution is -2.65. The number of aromatic hydroxyl groups is 1. The van der Waals surface area contributed by atoms with Crippen molar-refractivity contribution in [2.45, 2.75) is 96.5 Å². The zero-order valence-electron chi connectivity index (χ0n) is 25.0. The Labute approximate surface area is 243 Å². The smallest absolute Gasteiger partial charge is 0.482 e. The van der Waals surface area contributed by atoms with Crippen molar-refractivity contribution < 1.29 is 28.7 Å². The largest absolute Gasteiger partial charge is 0.508 e. The molecule has 2 bridgehead atoms. The highest BCUT2D eigenvalue weighted by molar-refractivity contribution is 6.48. The second-order valence-corrected chi connectivity index (χ2v) is 13.7. The predicted octanol–water partition coefficient (Wildman–Crippen LogP) is 4.82. The number of ether oxygens (including phenoxy) is 1. The molecule has 1 heterocycles. The van der Waals surface area contributed by atoms with Crippen LogP contribution in [0.25, 0.3) is 0 Å². The minimum atomic E-state index is -0.918. The second kappa shape index (κ2) is 11.0. The Kier molecular flexibility index (Phi) is 7.89. The van der Waals surface area contributed by atoms with Gasteiger partial charge in [-0.25, -0.2) is 4.79 Å². The van der Waals surface area contributed by atoms with Crippen LogP contribution in [0.15, 0.2) is 54.6 Å². The van der Waals surface area contributed by atoms with Gasteiger partial charge in [0.05, 0.1) is 17.6 Å². The normalized spacial score (nSPS) is 27.7. The minimum Gasteiger partial charge on any atom is -0.508 e. The van der Waals surface area contributed by atoms with Crippen molar-refractivity contribution in [1.29, 1.82) is 0 Å². The molecule has 220 valence electrons. The molecule has 2 aromatic rings. The van der Waals surface area contributed by atoms with Gasteiger partial charge in [0.15, 0.2) is 0 Å². The Morgan fingerprint density at radius 3 is 2.29 bits per heavy atom. The molecule has 4 aliphatic rings. The molecule has 4 fully saturated rings. The van der Waals surface area contributed by atoms with Gasteiger partial charge in [0.25, 0.3) is 0 Å². The van der Waals surface area contributed by atoms with E-state index in [1.165, 1.54) is 0 Å². The number of nitrogens with one attached hydrogen (secondary N) is 2. The van der Waals surface area contributed by atoms with E-state index in [1.807, 2.05) is 30.3 Å². The monoisotopic (exact) mass is 562 g/mol. The first kappa shape index (κ1) is 29.5. The third-order valence-corrected chi connectivity index (χ3v) is 9.31. The van der Waals surface area contributed by atoms with Crippen LogP contribution >= 0.6 is 0 Å². The van der Waals surface area contributed by atoms with E-state index in [0.29, 0.717) is 18.3 Å². The number of carbonyl (C=O) groups is 2. The van der Waals surface area contributed by atoms with Crippen LogP contribution in [0.4, 0.5) is 4.79 Å². The molecule has 0 spiro atoms. The Hall–Kier alpha value is -3.04. The van der Waals surface area contributed by atoms with Gasteiger partial charge in [0, 0.05) is 6.42 Å². The Bertz CT molecular complexity index is 1250.